The Morgan fingerprint density at radius 1 is 0.323 bits per heavy atom. The third-order valence-electron chi connectivity index (χ3n) is 12.7. The average Bonchev–Trinajstić information content (AvgIpc) is 3.30. The van der Waals surface area contributed by atoms with Gasteiger partial charge >= 0.3 is 17.9 Å². The fraction of sp³-hybridized carbons (Fsp3) is 0.847. The van der Waals surface area contributed by atoms with E-state index in [-0.39, 0.29) is 31.1 Å². The first-order valence-corrected chi connectivity index (χ1v) is 28.5. The molecule has 0 fully saturated rings. The Kier molecular flexibility index (Phi) is 52.3. The molecule has 6 nitrogen and oxygen atoms in total. The molecule has 0 aromatic carbocycles. The van der Waals surface area contributed by atoms with E-state index in [1.807, 2.05) is 0 Å². The molecule has 0 amide bonds. The lowest BCUT2D eigenvalue weighted by atomic mass is 10.0. The Hall–Kier alpha value is -2.37. The molecule has 380 valence electrons. The van der Waals surface area contributed by atoms with Crippen molar-refractivity contribution >= 4 is 17.9 Å². The number of allylic oxidation sites excluding steroid dienone is 6. The minimum absolute atomic E-state index is 0.0730. The highest BCUT2D eigenvalue weighted by Gasteiger charge is 2.19. The van der Waals surface area contributed by atoms with Crippen LogP contribution in [0.25, 0.3) is 0 Å². The van der Waals surface area contributed by atoms with Crippen LogP contribution in [0, 0.1) is 0 Å². The zero-order valence-electron chi connectivity index (χ0n) is 43.5. The van der Waals surface area contributed by atoms with Crippen LogP contribution in [-0.4, -0.2) is 37.2 Å². The maximum atomic E-state index is 12.8. The second-order valence-electron chi connectivity index (χ2n) is 19.2. The number of hydrogen-bond donors (Lipinski definition) is 0. The molecular formula is C59H108O6. The molecule has 0 rings (SSSR count). The topological polar surface area (TPSA) is 78.9 Å². The molecule has 0 unspecified atom stereocenters. The van der Waals surface area contributed by atoms with E-state index < -0.39 is 6.10 Å². The van der Waals surface area contributed by atoms with Gasteiger partial charge in [0.25, 0.3) is 0 Å². The largest absolute Gasteiger partial charge is 0.462 e. The van der Waals surface area contributed by atoms with Gasteiger partial charge in [0.05, 0.1) is 0 Å². The molecule has 0 spiro atoms. The van der Waals surface area contributed by atoms with Crippen LogP contribution in [0.5, 0.6) is 0 Å². The maximum Gasteiger partial charge on any atom is 0.306 e. The molecule has 0 aliphatic heterocycles. The highest BCUT2D eigenvalue weighted by Crippen LogP contribution is 2.17. The van der Waals surface area contributed by atoms with Gasteiger partial charge in [-0.05, 0) is 51.4 Å². The van der Waals surface area contributed by atoms with Crippen molar-refractivity contribution in [3.63, 3.8) is 0 Å². The predicted octanol–water partition coefficient (Wildman–Crippen LogP) is 18.9. The quantitative estimate of drug-likeness (QED) is 0.0262. The van der Waals surface area contributed by atoms with Crippen LogP contribution < -0.4 is 0 Å². The SMILES string of the molecule is CC/C=C\C/C=C\C/C=C\CCCCCCCC(=O)OC[C@H](COC(=O)CCCCCCCCCCCCCCCCCCCCCCC)OC(=O)CCCCCCCCCCCCC. The lowest BCUT2D eigenvalue weighted by Crippen LogP contribution is -2.30. The molecule has 1 atom stereocenters. The van der Waals surface area contributed by atoms with Gasteiger partial charge in [0.2, 0.25) is 0 Å². The number of unbranched alkanes of at least 4 members (excludes halogenated alkanes) is 35. The molecule has 0 saturated carbocycles. The summed E-state index contributed by atoms with van der Waals surface area (Å²) in [6, 6.07) is 0. The second kappa shape index (κ2) is 54.2. The van der Waals surface area contributed by atoms with E-state index in [9.17, 15) is 14.4 Å². The molecule has 0 aliphatic carbocycles. The highest BCUT2D eigenvalue weighted by atomic mass is 16.6. The minimum atomic E-state index is -0.774. The zero-order chi connectivity index (χ0) is 47.2. The standard InChI is InChI=1S/C59H108O6/c1-4-7-10-13-16-19-22-24-26-27-28-29-30-31-33-35-38-40-43-46-49-52-58(61)64-55-56(65-59(62)53-50-47-44-41-36-21-18-15-12-9-6-3)54-63-57(60)51-48-45-42-39-37-34-32-25-23-20-17-14-11-8-5-2/h8,11,17,20,25,32,56H,4-7,9-10,12-16,18-19,21-24,26-31,33-55H2,1-3H3/b11-8-,20-17-,32-25-/t56-/m1/s1. The van der Waals surface area contributed by atoms with Crippen molar-refractivity contribution in [2.45, 2.75) is 309 Å². The third-order valence-corrected chi connectivity index (χ3v) is 12.7. The number of carbonyl (C=O) groups excluding carboxylic acids is 3. The normalized spacial score (nSPS) is 12.2. The van der Waals surface area contributed by atoms with Gasteiger partial charge in [-0.15, -0.1) is 0 Å². The van der Waals surface area contributed by atoms with E-state index in [0.717, 1.165) is 96.3 Å². The first-order valence-electron chi connectivity index (χ1n) is 28.5. The molecule has 0 aliphatic rings. The molecule has 0 bridgehead atoms. The summed E-state index contributed by atoms with van der Waals surface area (Å²) < 4.78 is 16.8. The molecule has 65 heavy (non-hydrogen) atoms. The van der Waals surface area contributed by atoms with Crippen molar-refractivity contribution in [3.05, 3.63) is 36.5 Å². The number of carbonyl (C=O) groups is 3. The van der Waals surface area contributed by atoms with Crippen molar-refractivity contribution < 1.29 is 28.6 Å². The van der Waals surface area contributed by atoms with E-state index in [2.05, 4.69) is 57.2 Å². The fourth-order valence-corrected chi connectivity index (χ4v) is 8.40. The van der Waals surface area contributed by atoms with E-state index in [1.165, 1.54) is 167 Å². The third kappa shape index (κ3) is 52.5. The Morgan fingerprint density at radius 3 is 0.938 bits per heavy atom. The fourth-order valence-electron chi connectivity index (χ4n) is 8.40. The van der Waals surface area contributed by atoms with Gasteiger partial charge in [0.1, 0.15) is 13.2 Å². The summed E-state index contributed by atoms with van der Waals surface area (Å²) in [5.74, 6) is -0.875. The lowest BCUT2D eigenvalue weighted by Gasteiger charge is -2.18. The Labute approximate surface area is 404 Å². The monoisotopic (exact) mass is 913 g/mol. The van der Waals surface area contributed by atoms with Crippen molar-refractivity contribution in [1.29, 1.82) is 0 Å². The number of esters is 3. The molecule has 0 radical (unpaired) electrons. The van der Waals surface area contributed by atoms with E-state index in [0.29, 0.717) is 19.3 Å². The van der Waals surface area contributed by atoms with Gasteiger partial charge in [-0.3, -0.25) is 14.4 Å². The van der Waals surface area contributed by atoms with Gasteiger partial charge in [0.15, 0.2) is 6.10 Å². The first kappa shape index (κ1) is 62.6. The minimum Gasteiger partial charge on any atom is -0.462 e. The highest BCUT2D eigenvalue weighted by molar-refractivity contribution is 5.71. The summed E-state index contributed by atoms with van der Waals surface area (Å²) in [7, 11) is 0. The van der Waals surface area contributed by atoms with Crippen molar-refractivity contribution in [3.8, 4) is 0 Å². The Balaban J connectivity index is 4.25. The van der Waals surface area contributed by atoms with Gasteiger partial charge < -0.3 is 14.2 Å². The van der Waals surface area contributed by atoms with Crippen molar-refractivity contribution in [2.75, 3.05) is 13.2 Å². The number of hydrogen-bond acceptors (Lipinski definition) is 6. The number of rotatable bonds is 52. The van der Waals surface area contributed by atoms with Gasteiger partial charge in [-0.1, -0.05) is 269 Å². The predicted molar refractivity (Wildman–Crippen MR) is 279 cm³/mol. The molecule has 0 heterocycles. The first-order chi connectivity index (χ1) is 32.0. The molecular weight excluding hydrogens is 805 g/mol. The average molecular weight is 914 g/mol. The van der Waals surface area contributed by atoms with Crippen LogP contribution >= 0.6 is 0 Å². The summed E-state index contributed by atoms with van der Waals surface area (Å²) in [5.41, 5.74) is 0. The van der Waals surface area contributed by atoms with Crippen LogP contribution in [0.15, 0.2) is 36.5 Å². The van der Waals surface area contributed by atoms with Crippen molar-refractivity contribution in [2.24, 2.45) is 0 Å². The summed E-state index contributed by atoms with van der Waals surface area (Å²) in [4.78, 5) is 38.0. The van der Waals surface area contributed by atoms with E-state index in [4.69, 9.17) is 14.2 Å². The van der Waals surface area contributed by atoms with E-state index in [1.54, 1.807) is 0 Å². The summed E-state index contributed by atoms with van der Waals surface area (Å²) in [6.07, 6.45) is 64.3. The van der Waals surface area contributed by atoms with E-state index >= 15 is 0 Å². The summed E-state index contributed by atoms with van der Waals surface area (Å²) in [6.45, 7) is 6.55. The van der Waals surface area contributed by atoms with Crippen LogP contribution in [0.3, 0.4) is 0 Å². The van der Waals surface area contributed by atoms with Gasteiger partial charge in [0, 0.05) is 19.3 Å². The van der Waals surface area contributed by atoms with Crippen LogP contribution in [0.2, 0.25) is 0 Å². The molecule has 0 N–H and O–H groups in total. The Bertz CT molecular complexity index is 1090. The number of ether oxygens (including phenoxy) is 3. The van der Waals surface area contributed by atoms with Crippen LogP contribution in [0.1, 0.15) is 303 Å². The Morgan fingerprint density at radius 2 is 0.600 bits per heavy atom. The second-order valence-corrected chi connectivity index (χ2v) is 19.2. The summed E-state index contributed by atoms with van der Waals surface area (Å²) in [5, 5.41) is 0. The van der Waals surface area contributed by atoms with Gasteiger partial charge in [-0.25, -0.2) is 0 Å². The van der Waals surface area contributed by atoms with Crippen LogP contribution in [0.4, 0.5) is 0 Å². The lowest BCUT2D eigenvalue weighted by molar-refractivity contribution is -0.167. The molecule has 0 aromatic heterocycles. The molecule has 0 aromatic rings. The smallest absolute Gasteiger partial charge is 0.306 e. The van der Waals surface area contributed by atoms with Crippen molar-refractivity contribution in [1.82, 2.24) is 0 Å². The van der Waals surface area contributed by atoms with Gasteiger partial charge in [-0.2, -0.15) is 0 Å². The molecule has 0 saturated heterocycles. The zero-order valence-corrected chi connectivity index (χ0v) is 43.5. The summed E-state index contributed by atoms with van der Waals surface area (Å²) >= 11 is 0. The van der Waals surface area contributed by atoms with Crippen LogP contribution in [-0.2, 0) is 28.6 Å². The maximum absolute atomic E-state index is 12.8. The molecule has 6 heteroatoms.